The number of aryl methyl sites for hydroxylation is 1. The molecule has 0 radical (unpaired) electrons. The van der Waals surface area contributed by atoms with Gasteiger partial charge in [0.2, 0.25) is 0 Å². The van der Waals surface area contributed by atoms with Gasteiger partial charge in [-0.05, 0) is 38.0 Å². The van der Waals surface area contributed by atoms with Crippen LogP contribution in [0.1, 0.15) is 25.0 Å². The average Bonchev–Trinajstić information content (AvgIpc) is 1.92. The summed E-state index contributed by atoms with van der Waals surface area (Å²) in [5.74, 6) is 0. The van der Waals surface area contributed by atoms with Crippen LogP contribution in [-0.2, 0) is 5.60 Å². The van der Waals surface area contributed by atoms with Gasteiger partial charge in [0.15, 0.2) is 0 Å². The Morgan fingerprint density at radius 3 is 2.33 bits per heavy atom. The number of hydrogen-bond acceptors (Lipinski definition) is 2. The summed E-state index contributed by atoms with van der Waals surface area (Å²) in [5, 5.41) is 9.68. The van der Waals surface area contributed by atoms with Crippen molar-refractivity contribution in [2.75, 3.05) is 0 Å². The highest BCUT2D eigenvalue weighted by molar-refractivity contribution is 7.80. The van der Waals surface area contributed by atoms with Gasteiger partial charge in [0.25, 0.3) is 0 Å². The zero-order valence-electron chi connectivity index (χ0n) is 7.63. The summed E-state index contributed by atoms with van der Waals surface area (Å²) < 4.78 is 0. The van der Waals surface area contributed by atoms with Crippen molar-refractivity contribution in [3.63, 3.8) is 0 Å². The van der Waals surface area contributed by atoms with Crippen molar-refractivity contribution in [2.24, 2.45) is 0 Å². The first kappa shape index (κ1) is 9.62. The molecule has 0 spiro atoms. The molecule has 0 saturated heterocycles. The van der Waals surface area contributed by atoms with Crippen molar-refractivity contribution < 1.29 is 5.11 Å². The molecule has 0 heterocycles. The van der Waals surface area contributed by atoms with Crippen LogP contribution in [0.5, 0.6) is 0 Å². The van der Waals surface area contributed by atoms with E-state index in [9.17, 15) is 5.11 Å². The van der Waals surface area contributed by atoms with Gasteiger partial charge in [0, 0.05) is 4.90 Å². The standard InChI is InChI=1S/C10H14OS/c1-7-6-8(10(2,3)11)4-5-9(7)12/h4-6,11-12H,1-3H3. The lowest BCUT2D eigenvalue weighted by atomic mass is 9.97. The van der Waals surface area contributed by atoms with E-state index in [1.165, 1.54) is 0 Å². The molecule has 0 fully saturated rings. The smallest absolute Gasteiger partial charge is 0.0840 e. The molecule has 1 aromatic carbocycles. The van der Waals surface area contributed by atoms with Crippen LogP contribution in [0.4, 0.5) is 0 Å². The molecule has 66 valence electrons. The van der Waals surface area contributed by atoms with Crippen LogP contribution in [0.3, 0.4) is 0 Å². The fraction of sp³-hybridized carbons (Fsp3) is 0.400. The highest BCUT2D eigenvalue weighted by Crippen LogP contribution is 2.23. The van der Waals surface area contributed by atoms with Crippen LogP contribution in [0.25, 0.3) is 0 Å². The lowest BCUT2D eigenvalue weighted by Gasteiger charge is -2.18. The Labute approximate surface area is 78.8 Å². The van der Waals surface area contributed by atoms with E-state index in [-0.39, 0.29) is 0 Å². The number of aliphatic hydroxyl groups is 1. The Hall–Kier alpha value is -0.470. The molecule has 1 aromatic rings. The predicted molar refractivity (Wildman–Crippen MR) is 53.7 cm³/mol. The van der Waals surface area contributed by atoms with Crippen LogP contribution in [0.2, 0.25) is 0 Å². The first-order valence-corrected chi connectivity index (χ1v) is 4.38. The lowest BCUT2D eigenvalue weighted by Crippen LogP contribution is -2.15. The molecular weight excluding hydrogens is 168 g/mol. The average molecular weight is 182 g/mol. The molecule has 0 atom stereocenters. The monoisotopic (exact) mass is 182 g/mol. The molecule has 0 amide bonds. The Kier molecular flexibility index (Phi) is 2.49. The molecule has 0 saturated carbocycles. The van der Waals surface area contributed by atoms with Gasteiger partial charge in [-0.3, -0.25) is 0 Å². The Bertz CT molecular complexity index is 286. The van der Waals surface area contributed by atoms with Crippen molar-refractivity contribution in [2.45, 2.75) is 31.3 Å². The zero-order valence-corrected chi connectivity index (χ0v) is 8.52. The molecule has 1 rings (SSSR count). The first-order valence-electron chi connectivity index (χ1n) is 3.94. The van der Waals surface area contributed by atoms with Crippen LogP contribution in [0, 0.1) is 6.92 Å². The van der Waals surface area contributed by atoms with E-state index in [4.69, 9.17) is 0 Å². The molecule has 2 heteroatoms. The van der Waals surface area contributed by atoms with Crippen LogP contribution >= 0.6 is 12.6 Å². The Morgan fingerprint density at radius 1 is 1.33 bits per heavy atom. The third kappa shape index (κ3) is 2.02. The minimum atomic E-state index is -0.758. The Balaban J connectivity index is 3.14. The summed E-state index contributed by atoms with van der Waals surface area (Å²) in [7, 11) is 0. The van der Waals surface area contributed by atoms with E-state index < -0.39 is 5.60 Å². The molecule has 0 bridgehead atoms. The minimum absolute atomic E-state index is 0.758. The predicted octanol–water partition coefficient (Wildman–Crippen LogP) is 2.51. The van der Waals surface area contributed by atoms with Gasteiger partial charge in [-0.1, -0.05) is 12.1 Å². The van der Waals surface area contributed by atoms with Crippen molar-refractivity contribution in [3.05, 3.63) is 29.3 Å². The highest BCUT2D eigenvalue weighted by atomic mass is 32.1. The fourth-order valence-electron chi connectivity index (χ4n) is 1.04. The van der Waals surface area contributed by atoms with Crippen LogP contribution in [-0.4, -0.2) is 5.11 Å². The van der Waals surface area contributed by atoms with Gasteiger partial charge in [0.05, 0.1) is 5.60 Å². The quantitative estimate of drug-likeness (QED) is 0.639. The third-order valence-electron chi connectivity index (χ3n) is 1.90. The summed E-state index contributed by atoms with van der Waals surface area (Å²) in [4.78, 5) is 0.961. The second-order valence-electron chi connectivity index (χ2n) is 3.56. The molecule has 12 heavy (non-hydrogen) atoms. The number of thiol groups is 1. The normalized spacial score (nSPS) is 11.8. The summed E-state index contributed by atoms with van der Waals surface area (Å²) in [6.45, 7) is 5.54. The molecule has 0 aliphatic heterocycles. The van der Waals surface area contributed by atoms with Crippen LogP contribution in [0.15, 0.2) is 23.1 Å². The molecule has 0 unspecified atom stereocenters. The van der Waals surface area contributed by atoms with Gasteiger partial charge in [-0.15, -0.1) is 12.6 Å². The molecule has 1 nitrogen and oxygen atoms in total. The SMILES string of the molecule is Cc1cc(C(C)(C)O)ccc1S. The summed E-state index contributed by atoms with van der Waals surface area (Å²) in [5.41, 5.74) is 1.27. The maximum atomic E-state index is 9.68. The highest BCUT2D eigenvalue weighted by Gasteiger charge is 2.15. The van der Waals surface area contributed by atoms with Crippen molar-refractivity contribution in [1.29, 1.82) is 0 Å². The Morgan fingerprint density at radius 2 is 1.92 bits per heavy atom. The van der Waals surface area contributed by atoms with Crippen molar-refractivity contribution >= 4 is 12.6 Å². The number of benzene rings is 1. The number of rotatable bonds is 1. The first-order chi connectivity index (χ1) is 5.41. The van der Waals surface area contributed by atoms with E-state index in [1.807, 2.05) is 25.1 Å². The van der Waals surface area contributed by atoms with Gasteiger partial charge in [0.1, 0.15) is 0 Å². The molecule has 0 aliphatic rings. The van der Waals surface area contributed by atoms with Gasteiger partial charge < -0.3 is 5.11 Å². The lowest BCUT2D eigenvalue weighted by molar-refractivity contribution is 0.0785. The number of hydrogen-bond donors (Lipinski definition) is 2. The van der Waals surface area contributed by atoms with Crippen molar-refractivity contribution in [3.8, 4) is 0 Å². The summed E-state index contributed by atoms with van der Waals surface area (Å²) >= 11 is 4.26. The molecule has 0 aromatic heterocycles. The minimum Gasteiger partial charge on any atom is -0.386 e. The van der Waals surface area contributed by atoms with E-state index in [0.29, 0.717) is 0 Å². The van der Waals surface area contributed by atoms with E-state index in [1.54, 1.807) is 13.8 Å². The molecule has 0 aliphatic carbocycles. The maximum absolute atomic E-state index is 9.68. The van der Waals surface area contributed by atoms with Gasteiger partial charge in [-0.2, -0.15) is 0 Å². The van der Waals surface area contributed by atoms with Crippen LogP contribution < -0.4 is 0 Å². The van der Waals surface area contributed by atoms with E-state index in [0.717, 1.165) is 16.0 Å². The second-order valence-corrected chi connectivity index (χ2v) is 4.04. The van der Waals surface area contributed by atoms with E-state index >= 15 is 0 Å². The summed E-state index contributed by atoms with van der Waals surface area (Å²) in [6, 6.07) is 5.77. The summed E-state index contributed by atoms with van der Waals surface area (Å²) in [6.07, 6.45) is 0. The third-order valence-corrected chi connectivity index (χ3v) is 2.41. The maximum Gasteiger partial charge on any atom is 0.0840 e. The largest absolute Gasteiger partial charge is 0.386 e. The van der Waals surface area contributed by atoms with E-state index in [2.05, 4.69) is 12.6 Å². The van der Waals surface area contributed by atoms with Gasteiger partial charge in [-0.25, -0.2) is 0 Å². The molecule has 1 N–H and O–H groups in total. The van der Waals surface area contributed by atoms with Crippen molar-refractivity contribution in [1.82, 2.24) is 0 Å². The second kappa shape index (κ2) is 3.11. The molecular formula is C10H14OS. The van der Waals surface area contributed by atoms with Gasteiger partial charge >= 0.3 is 0 Å². The fourth-order valence-corrected chi connectivity index (χ4v) is 1.18. The topological polar surface area (TPSA) is 20.2 Å². The zero-order chi connectivity index (χ0) is 9.35.